The van der Waals surface area contributed by atoms with Crippen molar-refractivity contribution in [2.75, 3.05) is 4.90 Å². The average Bonchev–Trinajstić information content (AvgIpc) is 2.44. The largest absolute Gasteiger partial charge is 0.335 e. The summed E-state index contributed by atoms with van der Waals surface area (Å²) in [5, 5.41) is 0. The number of aromatic nitrogens is 3. The normalized spacial score (nSPS) is 14.1. The molecule has 0 saturated carbocycles. The highest BCUT2D eigenvalue weighted by molar-refractivity contribution is 5.31. The molecule has 0 aromatic carbocycles. The molecule has 1 aromatic heterocycles. The van der Waals surface area contributed by atoms with E-state index in [1.54, 1.807) is 12.7 Å². The highest BCUT2D eigenvalue weighted by atomic mass is 15.3. The van der Waals surface area contributed by atoms with Crippen molar-refractivity contribution in [3.8, 4) is 0 Å². The second-order valence-electron chi connectivity index (χ2n) is 5.33. The van der Waals surface area contributed by atoms with Crippen LogP contribution in [0.1, 0.15) is 66.2 Å². The van der Waals surface area contributed by atoms with Gasteiger partial charge in [0.05, 0.1) is 0 Å². The van der Waals surface area contributed by atoms with Crippen LogP contribution in [0.3, 0.4) is 0 Å². The second-order valence-corrected chi connectivity index (χ2v) is 5.33. The van der Waals surface area contributed by atoms with Gasteiger partial charge in [0, 0.05) is 12.1 Å². The Kier molecular flexibility index (Phi) is 7.38. The van der Waals surface area contributed by atoms with E-state index in [1.807, 2.05) is 0 Å². The molecule has 0 saturated heterocycles. The van der Waals surface area contributed by atoms with Crippen molar-refractivity contribution < 1.29 is 0 Å². The van der Waals surface area contributed by atoms with Crippen LogP contribution in [0.2, 0.25) is 0 Å². The van der Waals surface area contributed by atoms with Crippen LogP contribution in [0.25, 0.3) is 0 Å². The van der Waals surface area contributed by atoms with Crippen LogP contribution < -0.4 is 4.90 Å². The van der Waals surface area contributed by atoms with Crippen molar-refractivity contribution >= 4 is 5.95 Å². The number of hydrogen-bond acceptors (Lipinski definition) is 4. The molecule has 0 fully saturated rings. The quantitative estimate of drug-likeness (QED) is 0.679. The van der Waals surface area contributed by atoms with Gasteiger partial charge >= 0.3 is 0 Å². The third-order valence-corrected chi connectivity index (χ3v) is 3.61. The fourth-order valence-corrected chi connectivity index (χ4v) is 2.47. The van der Waals surface area contributed by atoms with Gasteiger partial charge in [0.1, 0.15) is 12.7 Å². The molecule has 0 aliphatic heterocycles. The van der Waals surface area contributed by atoms with Gasteiger partial charge in [0.2, 0.25) is 5.95 Å². The highest BCUT2D eigenvalue weighted by Crippen LogP contribution is 2.20. The molecule has 0 bridgehead atoms. The molecule has 0 radical (unpaired) electrons. The summed E-state index contributed by atoms with van der Waals surface area (Å²) in [5.74, 6) is 0.821. The van der Waals surface area contributed by atoms with Gasteiger partial charge < -0.3 is 4.90 Å². The van der Waals surface area contributed by atoms with Gasteiger partial charge in [-0.2, -0.15) is 0 Å². The molecular weight excluding hydrogens is 236 g/mol. The molecule has 0 spiro atoms. The van der Waals surface area contributed by atoms with Crippen LogP contribution in [0.4, 0.5) is 5.95 Å². The summed E-state index contributed by atoms with van der Waals surface area (Å²) < 4.78 is 0. The van der Waals surface area contributed by atoms with Crippen molar-refractivity contribution in [1.82, 2.24) is 15.0 Å². The zero-order valence-corrected chi connectivity index (χ0v) is 12.8. The van der Waals surface area contributed by atoms with Gasteiger partial charge in [-0.15, -0.1) is 0 Å². The second kappa shape index (κ2) is 8.83. The van der Waals surface area contributed by atoms with E-state index in [4.69, 9.17) is 0 Å². The van der Waals surface area contributed by atoms with Crippen LogP contribution in [-0.4, -0.2) is 27.0 Å². The number of hydrogen-bond donors (Lipinski definition) is 0. The van der Waals surface area contributed by atoms with Crippen LogP contribution >= 0.6 is 0 Å². The summed E-state index contributed by atoms with van der Waals surface area (Å²) in [7, 11) is 0. The van der Waals surface area contributed by atoms with E-state index < -0.39 is 0 Å². The molecule has 4 heteroatoms. The lowest BCUT2D eigenvalue weighted by Crippen LogP contribution is -2.41. The summed E-state index contributed by atoms with van der Waals surface area (Å²) in [6.07, 6.45) is 10.5. The van der Waals surface area contributed by atoms with Crippen molar-refractivity contribution in [3.05, 3.63) is 12.7 Å². The van der Waals surface area contributed by atoms with Crippen molar-refractivity contribution in [3.63, 3.8) is 0 Å². The Bertz CT molecular complexity index is 314. The van der Waals surface area contributed by atoms with E-state index in [2.05, 4.69) is 47.5 Å². The molecule has 1 rings (SSSR count). The average molecular weight is 264 g/mol. The zero-order chi connectivity index (χ0) is 14.1. The molecule has 0 aliphatic carbocycles. The summed E-state index contributed by atoms with van der Waals surface area (Å²) in [4.78, 5) is 15.0. The van der Waals surface area contributed by atoms with Crippen LogP contribution in [0.5, 0.6) is 0 Å². The Balaban J connectivity index is 2.78. The van der Waals surface area contributed by atoms with Gasteiger partial charge in [-0.05, 0) is 26.7 Å². The minimum absolute atomic E-state index is 0.481. The predicted octanol–water partition coefficient (Wildman–Crippen LogP) is 3.84. The van der Waals surface area contributed by atoms with Gasteiger partial charge in [-0.3, -0.25) is 0 Å². The Morgan fingerprint density at radius 3 is 1.84 bits per heavy atom. The molecular formula is C15H28N4. The Morgan fingerprint density at radius 2 is 1.42 bits per heavy atom. The first-order valence-electron chi connectivity index (χ1n) is 7.61. The monoisotopic (exact) mass is 264 g/mol. The lowest BCUT2D eigenvalue weighted by molar-refractivity contribution is 0.469. The molecule has 0 amide bonds. The van der Waals surface area contributed by atoms with Gasteiger partial charge in [0.25, 0.3) is 0 Å². The Morgan fingerprint density at radius 1 is 0.947 bits per heavy atom. The molecule has 108 valence electrons. The standard InChI is InChI=1S/C15H28N4/c1-5-7-9-13(3)19(14(4)10-8-6-2)15-17-11-16-12-18-15/h11-14H,5-10H2,1-4H3. The van der Waals surface area contributed by atoms with E-state index in [9.17, 15) is 0 Å². The first-order valence-corrected chi connectivity index (χ1v) is 7.61. The molecule has 1 aromatic rings. The Labute approximate surface area is 117 Å². The lowest BCUT2D eigenvalue weighted by Gasteiger charge is -2.34. The third kappa shape index (κ3) is 5.13. The molecule has 19 heavy (non-hydrogen) atoms. The summed E-state index contributed by atoms with van der Waals surface area (Å²) in [6, 6.07) is 0.961. The van der Waals surface area contributed by atoms with Crippen LogP contribution in [0, 0.1) is 0 Å². The maximum absolute atomic E-state index is 4.34. The first-order chi connectivity index (χ1) is 9.20. The topological polar surface area (TPSA) is 41.9 Å². The third-order valence-electron chi connectivity index (χ3n) is 3.61. The van der Waals surface area contributed by atoms with Crippen molar-refractivity contribution in [2.24, 2.45) is 0 Å². The van der Waals surface area contributed by atoms with E-state index in [0.717, 1.165) is 5.95 Å². The number of rotatable bonds is 9. The van der Waals surface area contributed by atoms with Gasteiger partial charge in [-0.25, -0.2) is 15.0 Å². The zero-order valence-electron chi connectivity index (χ0n) is 12.8. The molecule has 1 heterocycles. The van der Waals surface area contributed by atoms with E-state index >= 15 is 0 Å². The molecule has 4 nitrogen and oxygen atoms in total. The lowest BCUT2D eigenvalue weighted by atomic mass is 10.1. The molecule has 2 unspecified atom stereocenters. The Hall–Kier alpha value is -1.19. The van der Waals surface area contributed by atoms with Crippen LogP contribution in [-0.2, 0) is 0 Å². The maximum atomic E-state index is 4.34. The summed E-state index contributed by atoms with van der Waals surface area (Å²) in [5.41, 5.74) is 0. The summed E-state index contributed by atoms with van der Waals surface area (Å²) >= 11 is 0. The van der Waals surface area contributed by atoms with Crippen molar-refractivity contribution in [2.45, 2.75) is 78.3 Å². The first kappa shape index (κ1) is 15.9. The predicted molar refractivity (Wildman–Crippen MR) is 80.3 cm³/mol. The van der Waals surface area contributed by atoms with Gasteiger partial charge in [0.15, 0.2) is 0 Å². The molecule has 2 atom stereocenters. The number of nitrogens with zero attached hydrogens (tertiary/aromatic N) is 4. The highest BCUT2D eigenvalue weighted by Gasteiger charge is 2.22. The van der Waals surface area contributed by atoms with E-state index in [0.29, 0.717) is 12.1 Å². The van der Waals surface area contributed by atoms with Crippen molar-refractivity contribution in [1.29, 1.82) is 0 Å². The smallest absolute Gasteiger partial charge is 0.228 e. The fraction of sp³-hybridized carbons (Fsp3) is 0.800. The molecule has 0 aliphatic rings. The fourth-order valence-electron chi connectivity index (χ4n) is 2.47. The van der Waals surface area contributed by atoms with E-state index in [1.165, 1.54) is 38.5 Å². The summed E-state index contributed by atoms with van der Waals surface area (Å²) in [6.45, 7) is 9.03. The maximum Gasteiger partial charge on any atom is 0.228 e. The van der Waals surface area contributed by atoms with Gasteiger partial charge in [-0.1, -0.05) is 39.5 Å². The van der Waals surface area contributed by atoms with Crippen LogP contribution in [0.15, 0.2) is 12.7 Å². The SMILES string of the molecule is CCCCC(C)N(c1ncncn1)C(C)CCCC. The molecule has 0 N–H and O–H groups in total. The minimum atomic E-state index is 0.481. The minimum Gasteiger partial charge on any atom is -0.335 e. The number of anilines is 1. The number of unbranched alkanes of at least 4 members (excludes halogenated alkanes) is 2. The van der Waals surface area contributed by atoms with E-state index in [-0.39, 0.29) is 0 Å².